The molecule has 126 valence electrons. The van der Waals surface area contributed by atoms with Gasteiger partial charge in [0.2, 0.25) is 5.78 Å². The predicted molar refractivity (Wildman–Crippen MR) is 84.1 cm³/mol. The van der Waals surface area contributed by atoms with E-state index in [2.05, 4.69) is 4.99 Å². The monoisotopic (exact) mass is 336 g/mol. The summed E-state index contributed by atoms with van der Waals surface area (Å²) in [6, 6.07) is 5.56. The van der Waals surface area contributed by atoms with Crippen LogP contribution in [-0.4, -0.2) is 23.6 Å². The van der Waals surface area contributed by atoms with E-state index < -0.39 is 23.6 Å². The van der Waals surface area contributed by atoms with Crippen LogP contribution in [0.25, 0.3) is 0 Å². The second kappa shape index (κ2) is 6.43. The van der Waals surface area contributed by atoms with Gasteiger partial charge < -0.3 is 5.32 Å². The molecule has 2 rings (SSSR count). The first-order chi connectivity index (χ1) is 11.1. The molecule has 0 fully saturated rings. The molecule has 0 radical (unpaired) electrons. The van der Waals surface area contributed by atoms with Crippen molar-refractivity contribution in [1.82, 2.24) is 5.32 Å². The van der Waals surface area contributed by atoms with E-state index in [1.807, 2.05) is 26.0 Å². The van der Waals surface area contributed by atoms with Gasteiger partial charge in [-0.15, -0.1) is 0 Å². The highest BCUT2D eigenvalue weighted by Crippen LogP contribution is 2.23. The van der Waals surface area contributed by atoms with Crippen LogP contribution in [0.15, 0.2) is 46.6 Å². The number of carbonyl (C=O) groups is 2. The number of allylic oxidation sites excluding steroid dienone is 3. The molecule has 1 N–H and O–H groups in total. The number of nitrogens with one attached hydrogen (secondary N) is 1. The molecule has 1 aliphatic carbocycles. The average molecular weight is 336 g/mol. The van der Waals surface area contributed by atoms with E-state index in [9.17, 15) is 22.8 Å². The average Bonchev–Trinajstić information content (AvgIpc) is 2.45. The van der Waals surface area contributed by atoms with Gasteiger partial charge in [-0.05, 0) is 50.1 Å². The van der Waals surface area contributed by atoms with E-state index in [1.165, 1.54) is 0 Å². The second-order valence-electron chi connectivity index (χ2n) is 5.49. The van der Waals surface area contributed by atoms with Gasteiger partial charge >= 0.3 is 12.1 Å². The zero-order valence-electron chi connectivity index (χ0n) is 13.3. The smallest absolute Gasteiger partial charge is 0.315 e. The van der Waals surface area contributed by atoms with Crippen molar-refractivity contribution in [3.05, 3.63) is 52.7 Å². The molecule has 7 heteroatoms. The molecule has 0 unspecified atom stereocenters. The molecular formula is C17H15F3N2O2. The van der Waals surface area contributed by atoms with E-state index in [0.29, 0.717) is 17.0 Å². The Labute approximate surface area is 136 Å². The predicted octanol–water partition coefficient (Wildman–Crippen LogP) is 3.47. The highest BCUT2D eigenvalue weighted by Gasteiger charge is 2.39. The van der Waals surface area contributed by atoms with Crippen molar-refractivity contribution < 1.29 is 22.8 Å². The maximum absolute atomic E-state index is 12.3. The van der Waals surface area contributed by atoms with Crippen molar-refractivity contribution in [2.24, 2.45) is 4.99 Å². The number of aliphatic imine (C=N–C) groups is 1. The Bertz CT molecular complexity index is 803. The lowest BCUT2D eigenvalue weighted by atomic mass is 10.0. The van der Waals surface area contributed by atoms with E-state index in [-0.39, 0.29) is 0 Å². The fourth-order valence-corrected chi connectivity index (χ4v) is 2.14. The highest BCUT2D eigenvalue weighted by atomic mass is 19.4. The van der Waals surface area contributed by atoms with Crippen molar-refractivity contribution in [1.29, 1.82) is 0 Å². The van der Waals surface area contributed by atoms with E-state index in [4.69, 9.17) is 0 Å². The number of hydrogen-bond donors (Lipinski definition) is 1. The lowest BCUT2D eigenvalue weighted by Crippen LogP contribution is -2.39. The first kappa shape index (κ1) is 17.7. The molecule has 24 heavy (non-hydrogen) atoms. The van der Waals surface area contributed by atoms with Crippen LogP contribution in [0, 0.1) is 13.8 Å². The highest BCUT2D eigenvalue weighted by molar-refractivity contribution is 6.23. The summed E-state index contributed by atoms with van der Waals surface area (Å²) < 4.78 is 37.0. The van der Waals surface area contributed by atoms with Crippen molar-refractivity contribution in [3.63, 3.8) is 0 Å². The number of carbonyl (C=O) groups excluding carboxylic acids is 2. The van der Waals surface area contributed by atoms with Crippen LogP contribution in [-0.2, 0) is 9.59 Å². The minimum absolute atomic E-state index is 0.319. The number of ketones is 1. The summed E-state index contributed by atoms with van der Waals surface area (Å²) in [6.07, 6.45) is -2.77. The summed E-state index contributed by atoms with van der Waals surface area (Å²) in [5, 5.41) is 1.59. The van der Waals surface area contributed by atoms with Crippen LogP contribution in [0.5, 0.6) is 0 Å². The number of nitrogens with zero attached hydrogens (tertiary/aromatic N) is 1. The fourth-order valence-electron chi connectivity index (χ4n) is 2.14. The van der Waals surface area contributed by atoms with Crippen LogP contribution in [0.2, 0.25) is 0 Å². The molecule has 1 aromatic carbocycles. The molecule has 0 atom stereocenters. The van der Waals surface area contributed by atoms with Crippen LogP contribution >= 0.6 is 0 Å². The molecule has 0 aromatic heterocycles. The molecule has 0 spiro atoms. The summed E-state index contributed by atoms with van der Waals surface area (Å²) in [4.78, 5) is 27.2. The molecule has 0 heterocycles. The normalized spacial score (nSPS) is 16.8. The lowest BCUT2D eigenvalue weighted by molar-refractivity contribution is -0.172. The summed E-state index contributed by atoms with van der Waals surface area (Å²) in [6.45, 7) is 5.41. The second-order valence-corrected chi connectivity index (χ2v) is 5.49. The van der Waals surface area contributed by atoms with Crippen molar-refractivity contribution in [3.8, 4) is 0 Å². The number of rotatable bonds is 2. The number of aryl methyl sites for hydroxylation is 2. The van der Waals surface area contributed by atoms with Gasteiger partial charge in [-0.3, -0.25) is 9.59 Å². The summed E-state index contributed by atoms with van der Waals surface area (Å²) in [7, 11) is 0. The number of benzene rings is 1. The van der Waals surface area contributed by atoms with E-state index >= 15 is 0 Å². The van der Waals surface area contributed by atoms with Crippen LogP contribution in [0.1, 0.15) is 18.1 Å². The molecule has 4 nitrogen and oxygen atoms in total. The summed E-state index contributed by atoms with van der Waals surface area (Å²) >= 11 is 0. The van der Waals surface area contributed by atoms with Gasteiger partial charge in [0.15, 0.2) is 0 Å². The third-order valence-electron chi connectivity index (χ3n) is 3.40. The van der Waals surface area contributed by atoms with Crippen LogP contribution < -0.4 is 5.32 Å². The molecule has 0 bridgehead atoms. The number of alkyl halides is 3. The van der Waals surface area contributed by atoms with Gasteiger partial charge in [-0.25, -0.2) is 4.99 Å². The maximum atomic E-state index is 12.3. The zero-order valence-corrected chi connectivity index (χ0v) is 13.3. The molecular weight excluding hydrogens is 321 g/mol. The maximum Gasteiger partial charge on any atom is 0.471 e. The van der Waals surface area contributed by atoms with E-state index in [1.54, 1.807) is 18.3 Å². The van der Waals surface area contributed by atoms with Gasteiger partial charge in [-0.1, -0.05) is 17.7 Å². The van der Waals surface area contributed by atoms with Gasteiger partial charge in [0, 0.05) is 0 Å². The minimum atomic E-state index is -5.07. The summed E-state index contributed by atoms with van der Waals surface area (Å²) in [5.74, 6) is -2.90. The van der Waals surface area contributed by atoms with Gasteiger partial charge in [0.05, 0.1) is 17.1 Å². The Kier molecular flexibility index (Phi) is 4.73. The standard InChI is InChI=1S/C17H15F3N2O2/c1-9-4-5-12(10(2)6-9)21-13-8-14(15(23)7-11(13)3)22-16(24)17(18,19)20/h4-8H,1-3H3,(H,22,24). The first-order valence-electron chi connectivity index (χ1n) is 7.07. The number of halogens is 3. The SMILES string of the molecule is CC1=CC(=O)C(NC(=O)C(F)(F)F)=CC1=Nc1ccc(C)cc1C. The molecule has 0 saturated heterocycles. The van der Waals surface area contributed by atoms with E-state index in [0.717, 1.165) is 23.3 Å². The first-order valence-corrected chi connectivity index (χ1v) is 7.07. The Morgan fingerprint density at radius 1 is 1.12 bits per heavy atom. The Morgan fingerprint density at radius 2 is 1.79 bits per heavy atom. The quantitative estimate of drug-likeness (QED) is 0.841. The number of hydrogen-bond acceptors (Lipinski definition) is 3. The summed E-state index contributed by atoms with van der Waals surface area (Å²) in [5.41, 5.74) is 2.95. The zero-order chi connectivity index (χ0) is 18.1. The van der Waals surface area contributed by atoms with Crippen LogP contribution in [0.3, 0.4) is 0 Å². The molecule has 1 aromatic rings. The molecule has 0 saturated carbocycles. The van der Waals surface area contributed by atoms with Gasteiger partial charge in [-0.2, -0.15) is 13.2 Å². The van der Waals surface area contributed by atoms with Gasteiger partial charge in [0.1, 0.15) is 0 Å². The third-order valence-corrected chi connectivity index (χ3v) is 3.40. The third kappa shape index (κ3) is 3.98. The molecule has 1 aliphatic rings. The fraction of sp³-hybridized carbons (Fsp3) is 0.235. The molecule has 1 amide bonds. The van der Waals surface area contributed by atoms with Crippen molar-refractivity contribution in [2.45, 2.75) is 26.9 Å². The van der Waals surface area contributed by atoms with Gasteiger partial charge in [0.25, 0.3) is 0 Å². The minimum Gasteiger partial charge on any atom is -0.315 e. The van der Waals surface area contributed by atoms with Crippen molar-refractivity contribution in [2.75, 3.05) is 0 Å². The topological polar surface area (TPSA) is 58.5 Å². The Balaban J connectivity index is 2.38. The van der Waals surface area contributed by atoms with Crippen molar-refractivity contribution >= 4 is 23.1 Å². The Hall–Kier alpha value is -2.70. The molecule has 0 aliphatic heterocycles. The lowest BCUT2D eigenvalue weighted by Gasteiger charge is -2.15. The number of amides is 1. The largest absolute Gasteiger partial charge is 0.471 e. The Morgan fingerprint density at radius 3 is 2.38 bits per heavy atom. The van der Waals surface area contributed by atoms with Crippen LogP contribution in [0.4, 0.5) is 18.9 Å².